The van der Waals surface area contributed by atoms with Gasteiger partial charge in [0.1, 0.15) is 0 Å². The third-order valence-electron chi connectivity index (χ3n) is 2.42. The maximum Gasteiger partial charge on any atom is 0.0980 e. The molecule has 0 saturated carbocycles. The van der Waals surface area contributed by atoms with Gasteiger partial charge in [-0.25, -0.2) is 8.42 Å². The summed E-state index contributed by atoms with van der Waals surface area (Å²) in [5.41, 5.74) is 0.726. The first-order chi connectivity index (χ1) is 9.37. The molecule has 2 aromatic carbocycles. The lowest BCUT2D eigenvalue weighted by Crippen LogP contribution is -2.01. The van der Waals surface area contributed by atoms with Crippen LogP contribution in [0.1, 0.15) is 5.56 Å². The van der Waals surface area contributed by atoms with Crippen molar-refractivity contribution in [2.45, 2.75) is 5.75 Å². The van der Waals surface area contributed by atoms with E-state index in [2.05, 4.69) is 4.72 Å². The summed E-state index contributed by atoms with van der Waals surface area (Å²) in [7, 11) is -3.70. The van der Waals surface area contributed by atoms with Crippen molar-refractivity contribution >= 4 is 50.5 Å². The highest BCUT2D eigenvalue weighted by atomic mass is 35.5. The second kappa shape index (κ2) is 6.22. The molecule has 0 saturated heterocycles. The van der Waals surface area contributed by atoms with E-state index in [9.17, 15) is 8.42 Å². The molecule has 20 heavy (non-hydrogen) atoms. The lowest BCUT2D eigenvalue weighted by Gasteiger charge is -2.23. The van der Waals surface area contributed by atoms with E-state index in [4.69, 9.17) is 34.8 Å². The van der Waals surface area contributed by atoms with Gasteiger partial charge in [0.05, 0.1) is 25.8 Å². The summed E-state index contributed by atoms with van der Waals surface area (Å²) in [6.07, 6.45) is 0. The van der Waals surface area contributed by atoms with Crippen LogP contribution in [0.2, 0.25) is 15.1 Å². The highest BCUT2D eigenvalue weighted by Gasteiger charge is 2.06. The van der Waals surface area contributed by atoms with Gasteiger partial charge in [0.2, 0.25) is 0 Å². The number of hydrogen-bond donors (Lipinski definition) is 0. The van der Waals surface area contributed by atoms with Crippen LogP contribution in [0.5, 0.6) is 0 Å². The molecule has 2 aromatic rings. The van der Waals surface area contributed by atoms with Gasteiger partial charge in [-0.1, -0.05) is 71.2 Å². The summed E-state index contributed by atoms with van der Waals surface area (Å²) in [6, 6.07) is 11.4. The molecule has 0 atom stereocenters. The predicted molar refractivity (Wildman–Crippen MR) is 83.6 cm³/mol. The first kappa shape index (κ1) is 15.4. The Morgan fingerprint density at radius 3 is 2.15 bits per heavy atom. The zero-order valence-corrected chi connectivity index (χ0v) is 13.1. The fraction of sp³-hybridized carbons (Fsp3) is 0.0769. The topological polar surface area (TPSA) is 48.2 Å². The Labute approximate surface area is 132 Å². The number of hydrogen-bond acceptors (Lipinski definition) is 2. The average molecular weight is 350 g/mol. The predicted octanol–water partition coefficient (Wildman–Crippen LogP) is 5.18. The standard InChI is InChI=1S/C13H9Cl3NO2S/c14-10-6-12(16)13(7-11(10)15)17-20(18,19)8-9-4-2-1-3-5-9/h1-7H,8H2/q-1. The van der Waals surface area contributed by atoms with E-state index in [0.717, 1.165) is 0 Å². The SMILES string of the molecule is O=S(=O)(Cc1ccccc1)[N-]c1cc(Cl)c(Cl)cc1Cl. The molecule has 0 radical (unpaired) electrons. The Bertz CT molecular complexity index is 718. The summed E-state index contributed by atoms with van der Waals surface area (Å²) >= 11 is 17.5. The average Bonchev–Trinajstić information content (AvgIpc) is 2.36. The molecule has 0 unspecified atom stereocenters. The zero-order chi connectivity index (χ0) is 14.8. The number of benzene rings is 2. The quantitative estimate of drug-likeness (QED) is 0.714. The Balaban J connectivity index is 2.23. The highest BCUT2D eigenvalue weighted by molar-refractivity contribution is 7.93. The number of rotatable bonds is 4. The monoisotopic (exact) mass is 348 g/mol. The van der Waals surface area contributed by atoms with Gasteiger partial charge in [0, 0.05) is 5.02 Å². The van der Waals surface area contributed by atoms with Crippen molar-refractivity contribution in [1.82, 2.24) is 0 Å². The summed E-state index contributed by atoms with van der Waals surface area (Å²) in [5, 5.41) is 0.580. The van der Waals surface area contributed by atoms with Crippen LogP contribution in [-0.4, -0.2) is 8.42 Å². The van der Waals surface area contributed by atoms with Gasteiger partial charge in [-0.2, -0.15) is 0 Å². The van der Waals surface area contributed by atoms with Crippen molar-refractivity contribution in [1.29, 1.82) is 0 Å². The van der Waals surface area contributed by atoms with Crippen molar-refractivity contribution in [2.75, 3.05) is 0 Å². The molecule has 3 nitrogen and oxygen atoms in total. The van der Waals surface area contributed by atoms with Crippen LogP contribution in [0, 0.1) is 0 Å². The summed E-state index contributed by atoms with van der Waals surface area (Å²) in [4.78, 5) is 0. The highest BCUT2D eigenvalue weighted by Crippen LogP contribution is 2.38. The smallest absolute Gasteiger partial charge is 0.0980 e. The molecule has 0 spiro atoms. The van der Waals surface area contributed by atoms with Crippen LogP contribution in [0.3, 0.4) is 0 Å². The van der Waals surface area contributed by atoms with Gasteiger partial charge in [0.15, 0.2) is 0 Å². The molecule has 2 rings (SSSR count). The normalized spacial score (nSPS) is 11.3. The van der Waals surface area contributed by atoms with E-state index in [-0.39, 0.29) is 26.5 Å². The largest absolute Gasteiger partial charge is 0.575 e. The molecule has 0 amide bonds. The lowest BCUT2D eigenvalue weighted by atomic mass is 10.2. The van der Waals surface area contributed by atoms with Crippen LogP contribution < -0.4 is 0 Å². The fourth-order valence-corrected chi connectivity index (χ4v) is 3.31. The van der Waals surface area contributed by atoms with Gasteiger partial charge in [-0.05, 0) is 11.6 Å². The third kappa shape index (κ3) is 4.03. The third-order valence-corrected chi connectivity index (χ3v) is 4.62. The van der Waals surface area contributed by atoms with Crippen LogP contribution in [0.15, 0.2) is 42.5 Å². The maximum absolute atomic E-state index is 12.0. The minimum Gasteiger partial charge on any atom is -0.575 e. The van der Waals surface area contributed by atoms with Crippen molar-refractivity contribution in [2.24, 2.45) is 0 Å². The molecule has 7 heteroatoms. The Morgan fingerprint density at radius 2 is 1.50 bits per heavy atom. The van der Waals surface area contributed by atoms with Crippen molar-refractivity contribution in [3.8, 4) is 0 Å². The molecule has 0 N–H and O–H groups in total. The minimum absolute atomic E-state index is 0.0806. The van der Waals surface area contributed by atoms with Crippen LogP contribution in [0.25, 0.3) is 4.72 Å². The van der Waals surface area contributed by atoms with Crippen LogP contribution in [-0.2, 0) is 15.8 Å². The van der Waals surface area contributed by atoms with E-state index in [1.54, 1.807) is 24.3 Å². The first-order valence-corrected chi connectivity index (χ1v) is 8.26. The number of nitrogens with zero attached hydrogens (tertiary/aromatic N) is 1. The number of halogens is 3. The molecular formula is C13H9Cl3NO2S-. The Kier molecular flexibility index (Phi) is 4.81. The summed E-state index contributed by atoms with van der Waals surface area (Å²) < 4.78 is 27.7. The van der Waals surface area contributed by atoms with Crippen molar-refractivity contribution in [3.63, 3.8) is 0 Å². The van der Waals surface area contributed by atoms with Gasteiger partial charge in [-0.15, -0.1) is 5.69 Å². The van der Waals surface area contributed by atoms with Gasteiger partial charge in [0.25, 0.3) is 0 Å². The van der Waals surface area contributed by atoms with Crippen LogP contribution >= 0.6 is 34.8 Å². The molecule has 0 bridgehead atoms. The Morgan fingerprint density at radius 1 is 0.900 bits per heavy atom. The van der Waals surface area contributed by atoms with Crippen molar-refractivity contribution < 1.29 is 8.42 Å². The molecule has 0 heterocycles. The van der Waals surface area contributed by atoms with Gasteiger partial charge < -0.3 is 4.72 Å². The number of sulfonamides is 1. The van der Waals surface area contributed by atoms with E-state index in [1.807, 2.05) is 6.07 Å². The van der Waals surface area contributed by atoms with Gasteiger partial charge in [-0.3, -0.25) is 0 Å². The zero-order valence-electron chi connectivity index (χ0n) is 10.1. The molecule has 0 fully saturated rings. The molecule has 0 aromatic heterocycles. The first-order valence-electron chi connectivity index (χ1n) is 5.51. The molecular weight excluding hydrogens is 341 g/mol. The molecule has 0 aliphatic rings. The molecule has 0 aliphatic heterocycles. The maximum atomic E-state index is 12.0. The summed E-state index contributed by atoms with van der Waals surface area (Å²) in [6.45, 7) is 0. The van der Waals surface area contributed by atoms with E-state index < -0.39 is 10.0 Å². The second-order valence-corrected chi connectivity index (χ2v) is 6.88. The van der Waals surface area contributed by atoms with Crippen molar-refractivity contribution in [3.05, 3.63) is 67.8 Å². The van der Waals surface area contributed by atoms with E-state index in [0.29, 0.717) is 5.56 Å². The lowest BCUT2D eigenvalue weighted by molar-refractivity contribution is 0.602. The van der Waals surface area contributed by atoms with Gasteiger partial charge >= 0.3 is 0 Å². The molecule has 0 aliphatic carbocycles. The fourth-order valence-electron chi connectivity index (χ4n) is 1.55. The van der Waals surface area contributed by atoms with Crippen LogP contribution in [0.4, 0.5) is 5.69 Å². The van der Waals surface area contributed by atoms with E-state index >= 15 is 0 Å². The Hall–Kier alpha value is -0.940. The minimum atomic E-state index is -3.70. The molecule has 106 valence electrons. The van der Waals surface area contributed by atoms with E-state index in [1.165, 1.54) is 12.1 Å². The second-order valence-electron chi connectivity index (χ2n) is 4.02. The summed E-state index contributed by atoms with van der Waals surface area (Å²) in [5.74, 6) is -0.204.